The predicted molar refractivity (Wildman–Crippen MR) is 69.0 cm³/mol. The molecule has 0 saturated heterocycles. The molecule has 2 rings (SSSR count). The van der Waals surface area contributed by atoms with Crippen molar-refractivity contribution in [3.05, 3.63) is 50.2 Å². The van der Waals surface area contributed by atoms with Crippen LogP contribution in [0.4, 0.5) is 8.78 Å². The van der Waals surface area contributed by atoms with Gasteiger partial charge in [-0.25, -0.2) is 8.78 Å². The van der Waals surface area contributed by atoms with Crippen molar-refractivity contribution < 1.29 is 13.9 Å². The van der Waals surface area contributed by atoms with Crippen molar-refractivity contribution in [1.29, 1.82) is 0 Å². The van der Waals surface area contributed by atoms with E-state index in [0.717, 1.165) is 6.07 Å². The van der Waals surface area contributed by atoms with E-state index in [2.05, 4.69) is 37.0 Å². The molecule has 1 aromatic heterocycles. The molecule has 3 nitrogen and oxygen atoms in total. The molecule has 0 amide bonds. The topological polar surface area (TPSA) is 38.0 Å². The third-order valence-electron chi connectivity index (χ3n) is 2.56. The van der Waals surface area contributed by atoms with Crippen LogP contribution in [0.15, 0.2) is 27.3 Å². The number of aryl methyl sites for hydroxylation is 1. The number of nitrogens with zero attached hydrogens (tertiary/aromatic N) is 2. The monoisotopic (exact) mass is 380 g/mol. The van der Waals surface area contributed by atoms with Crippen LogP contribution in [0.5, 0.6) is 0 Å². The standard InChI is InChI=1S/C11H8Br2F2N2O/c1-17-10(6(12)4-16-17)11(18)5-2-3-7(14)9(15)8(5)13/h2-4,11,18H,1H3. The summed E-state index contributed by atoms with van der Waals surface area (Å²) in [5, 5.41) is 14.2. The summed E-state index contributed by atoms with van der Waals surface area (Å²) in [6, 6.07) is 2.30. The molecule has 1 atom stereocenters. The van der Waals surface area contributed by atoms with Gasteiger partial charge >= 0.3 is 0 Å². The highest BCUT2D eigenvalue weighted by atomic mass is 79.9. The van der Waals surface area contributed by atoms with Crippen LogP contribution < -0.4 is 0 Å². The number of rotatable bonds is 2. The molecule has 0 fully saturated rings. The van der Waals surface area contributed by atoms with Crippen LogP contribution >= 0.6 is 31.9 Å². The van der Waals surface area contributed by atoms with E-state index in [1.165, 1.54) is 16.9 Å². The van der Waals surface area contributed by atoms with Gasteiger partial charge in [0.05, 0.1) is 20.8 Å². The van der Waals surface area contributed by atoms with E-state index in [9.17, 15) is 13.9 Å². The summed E-state index contributed by atoms with van der Waals surface area (Å²) in [6.07, 6.45) is 0.406. The summed E-state index contributed by atoms with van der Waals surface area (Å²) in [6.45, 7) is 0. The quantitative estimate of drug-likeness (QED) is 0.810. The van der Waals surface area contributed by atoms with Gasteiger partial charge in [-0.15, -0.1) is 0 Å². The summed E-state index contributed by atoms with van der Waals surface area (Å²) < 4.78 is 28.4. The molecule has 7 heteroatoms. The highest BCUT2D eigenvalue weighted by molar-refractivity contribution is 9.10. The fourth-order valence-electron chi connectivity index (χ4n) is 1.63. The summed E-state index contributed by atoms with van der Waals surface area (Å²) in [7, 11) is 1.65. The summed E-state index contributed by atoms with van der Waals surface area (Å²) >= 11 is 6.19. The minimum Gasteiger partial charge on any atom is -0.382 e. The van der Waals surface area contributed by atoms with Crippen molar-refractivity contribution >= 4 is 31.9 Å². The van der Waals surface area contributed by atoms with Gasteiger partial charge in [0.2, 0.25) is 0 Å². The molecule has 1 heterocycles. The molecule has 0 aliphatic rings. The molecule has 0 spiro atoms. The van der Waals surface area contributed by atoms with Crippen LogP contribution in [0.25, 0.3) is 0 Å². The van der Waals surface area contributed by atoms with Crippen molar-refractivity contribution in [3.8, 4) is 0 Å². The Morgan fingerprint density at radius 2 is 2.00 bits per heavy atom. The smallest absolute Gasteiger partial charge is 0.173 e. The van der Waals surface area contributed by atoms with E-state index >= 15 is 0 Å². The second kappa shape index (κ2) is 5.07. The third-order valence-corrected chi connectivity index (χ3v) is 3.97. The lowest BCUT2D eigenvalue weighted by Gasteiger charge is -2.14. The van der Waals surface area contributed by atoms with Gasteiger partial charge in [0, 0.05) is 12.6 Å². The Morgan fingerprint density at radius 1 is 1.33 bits per heavy atom. The molecular formula is C11H8Br2F2N2O. The maximum atomic E-state index is 13.4. The zero-order valence-electron chi connectivity index (χ0n) is 9.16. The molecule has 0 bridgehead atoms. The van der Waals surface area contributed by atoms with Crippen molar-refractivity contribution in [3.63, 3.8) is 0 Å². The lowest BCUT2D eigenvalue weighted by Crippen LogP contribution is -2.09. The van der Waals surface area contributed by atoms with Crippen LogP contribution in [0.1, 0.15) is 17.4 Å². The number of aromatic nitrogens is 2. The third kappa shape index (κ3) is 2.22. The average Bonchev–Trinajstić information content (AvgIpc) is 2.65. The van der Waals surface area contributed by atoms with Crippen molar-refractivity contribution in [2.24, 2.45) is 7.05 Å². The van der Waals surface area contributed by atoms with Gasteiger partial charge in [-0.3, -0.25) is 4.68 Å². The molecule has 2 aromatic rings. The van der Waals surface area contributed by atoms with E-state index < -0.39 is 17.7 Å². The molecule has 1 N–H and O–H groups in total. The highest BCUT2D eigenvalue weighted by Gasteiger charge is 2.23. The molecular weight excluding hydrogens is 374 g/mol. The van der Waals surface area contributed by atoms with Crippen molar-refractivity contribution in [2.75, 3.05) is 0 Å². The normalized spacial score (nSPS) is 12.8. The van der Waals surface area contributed by atoms with Gasteiger partial charge in [-0.2, -0.15) is 5.10 Å². The first kappa shape index (κ1) is 13.6. The first-order valence-electron chi connectivity index (χ1n) is 4.92. The van der Waals surface area contributed by atoms with E-state index in [1.54, 1.807) is 7.05 Å². The summed E-state index contributed by atoms with van der Waals surface area (Å²) in [5.41, 5.74) is 0.694. The van der Waals surface area contributed by atoms with Crippen molar-refractivity contribution in [2.45, 2.75) is 6.10 Å². The predicted octanol–water partition coefficient (Wildman–Crippen LogP) is 3.31. The minimum atomic E-state index is -1.11. The first-order valence-corrected chi connectivity index (χ1v) is 6.51. The van der Waals surface area contributed by atoms with E-state index in [0.29, 0.717) is 10.2 Å². The second-order valence-corrected chi connectivity index (χ2v) is 5.32. The molecule has 1 unspecified atom stereocenters. The largest absolute Gasteiger partial charge is 0.382 e. The van der Waals surface area contributed by atoms with Gasteiger partial charge in [0.1, 0.15) is 6.10 Å². The lowest BCUT2D eigenvalue weighted by molar-refractivity contribution is 0.207. The van der Waals surface area contributed by atoms with Crippen LogP contribution in [-0.4, -0.2) is 14.9 Å². The second-order valence-electron chi connectivity index (χ2n) is 3.67. The highest BCUT2D eigenvalue weighted by Crippen LogP contribution is 2.34. The minimum absolute atomic E-state index is 0.0944. The molecule has 0 aliphatic carbocycles. The average molecular weight is 382 g/mol. The Bertz CT molecular complexity index is 581. The maximum absolute atomic E-state index is 13.4. The number of aliphatic hydroxyl groups is 1. The van der Waals surface area contributed by atoms with Gasteiger partial charge in [-0.1, -0.05) is 6.07 Å². The Hall–Kier alpha value is -0.790. The fraction of sp³-hybridized carbons (Fsp3) is 0.182. The number of aliphatic hydroxyl groups excluding tert-OH is 1. The lowest BCUT2D eigenvalue weighted by atomic mass is 10.1. The van der Waals surface area contributed by atoms with Crippen LogP contribution in [-0.2, 0) is 7.05 Å². The first-order chi connectivity index (χ1) is 8.43. The SMILES string of the molecule is Cn1ncc(Br)c1C(O)c1ccc(F)c(F)c1Br. The fourth-order valence-corrected chi connectivity index (χ4v) is 2.73. The van der Waals surface area contributed by atoms with Gasteiger partial charge in [0.25, 0.3) is 0 Å². The van der Waals surface area contributed by atoms with Crippen LogP contribution in [0.3, 0.4) is 0 Å². The van der Waals surface area contributed by atoms with Gasteiger partial charge in [-0.05, 0) is 37.9 Å². The molecule has 0 radical (unpaired) electrons. The Kier molecular flexibility index (Phi) is 3.84. The number of hydrogen-bond donors (Lipinski definition) is 1. The number of hydrogen-bond acceptors (Lipinski definition) is 2. The van der Waals surface area contributed by atoms with E-state index in [4.69, 9.17) is 0 Å². The molecule has 96 valence electrons. The summed E-state index contributed by atoms with van der Waals surface area (Å²) in [4.78, 5) is 0. The molecule has 1 aromatic carbocycles. The zero-order valence-corrected chi connectivity index (χ0v) is 12.3. The maximum Gasteiger partial charge on any atom is 0.173 e. The summed E-state index contributed by atoms with van der Waals surface area (Å²) in [5.74, 6) is -1.99. The van der Waals surface area contributed by atoms with Crippen LogP contribution in [0, 0.1) is 11.6 Å². The van der Waals surface area contributed by atoms with E-state index in [-0.39, 0.29) is 10.0 Å². The van der Waals surface area contributed by atoms with Gasteiger partial charge in [0.15, 0.2) is 11.6 Å². The number of halogens is 4. The number of benzene rings is 1. The van der Waals surface area contributed by atoms with Crippen LogP contribution in [0.2, 0.25) is 0 Å². The van der Waals surface area contributed by atoms with Gasteiger partial charge < -0.3 is 5.11 Å². The van der Waals surface area contributed by atoms with Crippen molar-refractivity contribution in [1.82, 2.24) is 9.78 Å². The molecule has 0 aliphatic heterocycles. The van der Waals surface area contributed by atoms with E-state index in [1.807, 2.05) is 0 Å². The Labute approximate surface area is 119 Å². The molecule has 0 saturated carbocycles. The Morgan fingerprint density at radius 3 is 2.56 bits per heavy atom. The Balaban J connectivity index is 2.53. The zero-order chi connectivity index (χ0) is 13.4. The molecule has 18 heavy (non-hydrogen) atoms.